The zero-order chi connectivity index (χ0) is 23.5. The molecule has 0 bridgehead atoms. The molecule has 2 heterocycles. The molecule has 1 aliphatic heterocycles. The minimum Gasteiger partial charge on any atom is -0.662 e. The topological polar surface area (TPSA) is 82.8 Å². The fourth-order valence-electron chi connectivity index (χ4n) is 4.08. The largest absolute Gasteiger partial charge is 0.662 e. The maximum Gasteiger partial charge on any atom is 0.163 e. The summed E-state index contributed by atoms with van der Waals surface area (Å²) in [6.45, 7) is 5.92. The number of ether oxygens (including phenoxy) is 1. The van der Waals surface area contributed by atoms with Crippen LogP contribution in [0.3, 0.4) is 0 Å². The summed E-state index contributed by atoms with van der Waals surface area (Å²) in [6, 6.07) is 16.9. The molecule has 7 heteroatoms. The Hall–Kier alpha value is -1.96. The Labute approximate surface area is 226 Å². The number of Topliss-reactive ketones (excluding diaryl/α,β-unsaturated/α-hetero) is 1. The third kappa shape index (κ3) is 8.07. The number of hydrogen-bond donors (Lipinski definition) is 1. The van der Waals surface area contributed by atoms with Crippen molar-refractivity contribution in [3.8, 4) is 5.75 Å². The van der Waals surface area contributed by atoms with Crippen LogP contribution >= 0.6 is 0 Å². The molecule has 0 spiro atoms. The molecule has 1 radical (unpaired) electrons. The third-order valence-corrected chi connectivity index (χ3v) is 5.97. The van der Waals surface area contributed by atoms with Crippen LogP contribution < -0.4 is 4.74 Å². The van der Waals surface area contributed by atoms with Gasteiger partial charge in [-0.25, -0.2) is 4.89 Å². The van der Waals surface area contributed by atoms with Crippen LogP contribution in [0.2, 0.25) is 0 Å². The number of piperidine rings is 1. The van der Waals surface area contributed by atoms with Crippen molar-refractivity contribution in [3.05, 3.63) is 89.9 Å². The van der Waals surface area contributed by atoms with E-state index in [4.69, 9.17) is 9.99 Å². The number of aromatic nitrogens is 1. The van der Waals surface area contributed by atoms with Crippen LogP contribution in [0.1, 0.15) is 35.2 Å². The molecule has 2 atom stereocenters. The first kappa shape index (κ1) is 28.3. The van der Waals surface area contributed by atoms with Gasteiger partial charge in [0, 0.05) is 56.3 Å². The van der Waals surface area contributed by atoms with Gasteiger partial charge < -0.3 is 10.1 Å². The number of hydrogen-bond acceptors (Lipinski definition) is 5. The predicted molar refractivity (Wildman–Crippen MR) is 131 cm³/mol. The molecule has 34 heavy (non-hydrogen) atoms. The van der Waals surface area contributed by atoms with Gasteiger partial charge in [-0.2, -0.15) is 0 Å². The maximum atomic E-state index is 12.8. The molecule has 177 valence electrons. The Kier molecular flexibility index (Phi) is 12.6. The van der Waals surface area contributed by atoms with Gasteiger partial charge in [-0.05, 0) is 48.1 Å². The summed E-state index contributed by atoms with van der Waals surface area (Å²) in [7, 11) is 1.63. The summed E-state index contributed by atoms with van der Waals surface area (Å²) < 4.78 is 5.28. The smallest absolute Gasteiger partial charge is 0.163 e. The number of benzene rings is 2. The molecule has 3 aromatic rings. The maximum absolute atomic E-state index is 12.8. The van der Waals surface area contributed by atoms with Crippen molar-refractivity contribution in [2.45, 2.75) is 25.9 Å². The van der Waals surface area contributed by atoms with Crippen LogP contribution in [0, 0.1) is 11.8 Å². The summed E-state index contributed by atoms with van der Waals surface area (Å²) in [4.78, 5) is 21.0. The summed E-state index contributed by atoms with van der Waals surface area (Å²) in [5.41, 5.74) is 2.52. The monoisotopic (exact) mass is 536 g/mol. The summed E-state index contributed by atoms with van der Waals surface area (Å²) >= 11 is 0. The molecule has 0 aliphatic carbocycles. The summed E-state index contributed by atoms with van der Waals surface area (Å²) in [5.74, 6) is 1.82. The zero-order valence-corrected chi connectivity index (χ0v) is 22.4. The Morgan fingerprint density at radius 3 is 2.74 bits per heavy atom. The number of rotatable bonds is 8. The molecule has 1 N–H and O–H groups in total. The van der Waals surface area contributed by atoms with E-state index in [1.165, 1.54) is 0 Å². The number of ketones is 1. The molecule has 1 saturated heterocycles. The fourth-order valence-corrected chi connectivity index (χ4v) is 4.08. The second-order valence-electron chi connectivity index (χ2n) is 8.04. The third-order valence-electron chi connectivity index (χ3n) is 5.97. The number of fused-ring (bicyclic) bond motifs is 1. The number of nitrogens with zero attached hydrogens (tertiary/aromatic N) is 2. The molecule has 0 amide bonds. The van der Waals surface area contributed by atoms with Crippen molar-refractivity contribution < 1.29 is 52.4 Å². The summed E-state index contributed by atoms with van der Waals surface area (Å²) in [6.07, 6.45) is 6.18. The van der Waals surface area contributed by atoms with Gasteiger partial charge >= 0.3 is 0 Å². The Morgan fingerprint density at radius 1 is 1.24 bits per heavy atom. The van der Waals surface area contributed by atoms with E-state index >= 15 is 0 Å². The molecule has 1 aliphatic rings. The predicted octanol–water partition coefficient (Wildman–Crippen LogP) is 6.08. The zero-order valence-electron chi connectivity index (χ0n) is 19.6. The van der Waals surface area contributed by atoms with Crippen molar-refractivity contribution in [1.29, 1.82) is 0 Å². The summed E-state index contributed by atoms with van der Waals surface area (Å²) in [5, 5.41) is 13.3. The molecule has 1 aromatic heterocycles. The van der Waals surface area contributed by atoms with Crippen LogP contribution in [0.5, 0.6) is 5.75 Å². The van der Waals surface area contributed by atoms with E-state index in [0.717, 1.165) is 53.7 Å². The first-order valence-corrected chi connectivity index (χ1v) is 11.2. The molecule has 2 unspecified atom stereocenters. The normalized spacial score (nSPS) is 17.1. The van der Waals surface area contributed by atoms with Gasteiger partial charge in [-0.1, -0.05) is 42.8 Å². The van der Waals surface area contributed by atoms with Crippen molar-refractivity contribution in [3.63, 3.8) is 0 Å². The number of pyridine rings is 1. The molecule has 4 rings (SSSR count). The minimum absolute atomic E-state index is 0. The first-order valence-electron chi connectivity index (χ1n) is 11.2. The van der Waals surface area contributed by atoms with Crippen LogP contribution in [0.25, 0.3) is 16.2 Å². The van der Waals surface area contributed by atoms with Gasteiger partial charge in [0.25, 0.3) is 0 Å². The Morgan fingerprint density at radius 2 is 2.03 bits per heavy atom. The molecule has 0 saturated carbocycles. The van der Waals surface area contributed by atoms with Crippen molar-refractivity contribution >= 4 is 16.7 Å². The van der Waals surface area contributed by atoms with Gasteiger partial charge in [0.15, 0.2) is 5.78 Å². The second-order valence-corrected chi connectivity index (χ2v) is 8.04. The van der Waals surface area contributed by atoms with Crippen LogP contribution in [-0.4, -0.2) is 36.2 Å². The first-order chi connectivity index (χ1) is 16.2. The molecule has 2 aromatic carbocycles. The number of methoxy groups -OCH3 is 1. The molecular weight excluding hydrogens is 505 g/mol. The van der Waals surface area contributed by atoms with Gasteiger partial charge in [-0.15, -0.1) is 19.7 Å². The van der Waals surface area contributed by atoms with E-state index in [1.807, 2.05) is 60.7 Å². The Balaban J connectivity index is 0.000000345. The quantitative estimate of drug-likeness (QED) is 0.163. The minimum atomic E-state index is 0. The Bertz CT molecular complexity index is 1050. The van der Waals surface area contributed by atoms with Gasteiger partial charge in [0.1, 0.15) is 12.4 Å². The molecule has 1 fully saturated rings. The average Bonchev–Trinajstić information content (AvgIpc) is 2.88. The van der Waals surface area contributed by atoms with E-state index in [2.05, 4.69) is 21.8 Å². The van der Waals surface area contributed by atoms with Gasteiger partial charge in [0.05, 0.1) is 12.6 Å². The van der Waals surface area contributed by atoms with Crippen molar-refractivity contribution in [2.75, 3.05) is 20.2 Å². The van der Waals surface area contributed by atoms with Crippen molar-refractivity contribution in [2.24, 2.45) is 11.8 Å². The fraction of sp³-hybridized carbons (Fsp3) is 0.333. The van der Waals surface area contributed by atoms with Gasteiger partial charge in [-0.3, -0.25) is 15.0 Å². The van der Waals surface area contributed by atoms with E-state index < -0.39 is 0 Å². The van der Waals surface area contributed by atoms with E-state index in [0.29, 0.717) is 18.3 Å². The second kappa shape index (κ2) is 15.1. The van der Waals surface area contributed by atoms with Gasteiger partial charge in [0.2, 0.25) is 0 Å². The van der Waals surface area contributed by atoms with Crippen LogP contribution in [0.4, 0.5) is 0 Å². The van der Waals surface area contributed by atoms with Crippen LogP contribution in [0.15, 0.2) is 73.4 Å². The molecular formula is C27H31N2O4Y-. The van der Waals surface area contributed by atoms with E-state index in [9.17, 15) is 4.79 Å². The van der Waals surface area contributed by atoms with Crippen molar-refractivity contribution in [1.82, 2.24) is 4.98 Å². The van der Waals surface area contributed by atoms with Crippen LogP contribution in [-0.2, 0) is 44.2 Å². The molecule has 6 nitrogen and oxygen atoms in total. The standard InChI is InChI=1S/C20H23N2O2.C7H8O2.Y/c1-3-14-13-21-10-8-15(14)4-7-20(23)17-9-11-22-19-6-5-16(24-2)12-18(17)19;8-9-6-7-4-2-1-3-5-7;/h3,5-6,9,11-12,14-15H,1,4,7-8,10,13H2,2H3;1-5,8H,6H2;/q-1;;. The average molecular weight is 536 g/mol. The number of carbonyl (C=O) groups is 1. The SMILES string of the molecule is C=CC1C[N-]CCC1CCC(=O)c1ccnc2ccc(OC)cc12.OOCc1ccccc1.[Y]. The van der Waals surface area contributed by atoms with E-state index in [1.54, 1.807) is 13.3 Å². The van der Waals surface area contributed by atoms with E-state index in [-0.39, 0.29) is 45.1 Å². The number of carbonyl (C=O) groups excluding carboxylic acids is 1.